The molecule has 0 atom stereocenters. The third-order valence-electron chi connectivity index (χ3n) is 5.11. The summed E-state index contributed by atoms with van der Waals surface area (Å²) >= 11 is 0. The second-order valence-corrected chi connectivity index (χ2v) is 6.80. The van der Waals surface area contributed by atoms with Crippen molar-refractivity contribution in [2.45, 2.75) is 32.1 Å². The molecule has 0 radical (unpaired) electrons. The number of fused-ring (bicyclic) bond motifs is 2. The molecule has 5 rings (SSSR count). The molecule has 0 aliphatic heterocycles. The van der Waals surface area contributed by atoms with Crippen LogP contribution in [0.4, 0.5) is 5.82 Å². The quantitative estimate of drug-likeness (QED) is 0.586. The van der Waals surface area contributed by atoms with Gasteiger partial charge in [0.1, 0.15) is 23.4 Å². The fourth-order valence-electron chi connectivity index (χ4n) is 3.54. The van der Waals surface area contributed by atoms with Gasteiger partial charge in [0.15, 0.2) is 0 Å². The monoisotopic (exact) mass is 317 g/mol. The molecule has 24 heavy (non-hydrogen) atoms. The van der Waals surface area contributed by atoms with Gasteiger partial charge in [0, 0.05) is 23.0 Å². The van der Waals surface area contributed by atoms with E-state index in [2.05, 4.69) is 52.3 Å². The van der Waals surface area contributed by atoms with Crippen LogP contribution in [-0.2, 0) is 0 Å². The molecule has 1 saturated carbocycles. The number of hydrogen-bond donors (Lipinski definition) is 2. The maximum atomic E-state index is 6.29. The van der Waals surface area contributed by atoms with Gasteiger partial charge in [0.25, 0.3) is 0 Å². The highest BCUT2D eigenvalue weighted by atomic mass is 15.0. The summed E-state index contributed by atoms with van der Waals surface area (Å²) in [5.41, 5.74) is 12.4. The number of aromatic amines is 1. The number of nitrogens with two attached hydrogens (primary N) is 1. The lowest BCUT2D eigenvalue weighted by Gasteiger charge is -2.24. The highest BCUT2D eigenvalue weighted by Gasteiger charge is 2.23. The van der Waals surface area contributed by atoms with Crippen LogP contribution in [0.1, 0.15) is 36.4 Å². The standard InChI is InChI=1S/C19H19N5/c1-11-5-6-13-8-15(22-14(13)7-11)17-18-19(20)23-16(12-3-2-4-12)9-24(18)10-21-17/h5-10,12,22H,2-4H2,1H3,(H2,20,23). The number of H-pyrrole nitrogens is 1. The zero-order chi connectivity index (χ0) is 16.3. The smallest absolute Gasteiger partial charge is 0.150 e. The Morgan fingerprint density at radius 3 is 2.92 bits per heavy atom. The van der Waals surface area contributed by atoms with Gasteiger partial charge in [0.2, 0.25) is 0 Å². The third-order valence-corrected chi connectivity index (χ3v) is 5.11. The Balaban J connectivity index is 1.68. The van der Waals surface area contributed by atoms with Crippen molar-refractivity contribution in [2.75, 3.05) is 5.73 Å². The van der Waals surface area contributed by atoms with Gasteiger partial charge in [0.05, 0.1) is 11.4 Å². The van der Waals surface area contributed by atoms with E-state index in [1.165, 1.54) is 30.2 Å². The number of rotatable bonds is 2. The van der Waals surface area contributed by atoms with Crippen molar-refractivity contribution < 1.29 is 0 Å². The summed E-state index contributed by atoms with van der Waals surface area (Å²) < 4.78 is 2.02. The molecule has 1 aromatic carbocycles. The van der Waals surface area contributed by atoms with Gasteiger partial charge in [-0.15, -0.1) is 0 Å². The predicted octanol–water partition coefficient (Wildman–Crippen LogP) is 4.04. The van der Waals surface area contributed by atoms with Crippen LogP contribution < -0.4 is 5.73 Å². The fraction of sp³-hybridized carbons (Fsp3) is 0.263. The molecule has 1 aliphatic rings. The van der Waals surface area contributed by atoms with Crippen LogP contribution in [0.25, 0.3) is 27.8 Å². The second-order valence-electron chi connectivity index (χ2n) is 6.80. The molecular formula is C19H19N5. The van der Waals surface area contributed by atoms with Crippen LogP contribution >= 0.6 is 0 Å². The Bertz CT molecular complexity index is 1070. The van der Waals surface area contributed by atoms with Gasteiger partial charge in [-0.1, -0.05) is 18.6 Å². The predicted molar refractivity (Wildman–Crippen MR) is 96.0 cm³/mol. The topological polar surface area (TPSA) is 72.0 Å². The minimum Gasteiger partial charge on any atom is -0.382 e. The lowest BCUT2D eigenvalue weighted by molar-refractivity contribution is 0.410. The van der Waals surface area contributed by atoms with Crippen LogP contribution in [-0.4, -0.2) is 19.4 Å². The van der Waals surface area contributed by atoms with E-state index in [1.54, 1.807) is 0 Å². The Labute approximate surface area is 139 Å². The van der Waals surface area contributed by atoms with Crippen molar-refractivity contribution in [3.05, 3.63) is 48.0 Å². The Kier molecular flexibility index (Phi) is 2.74. The summed E-state index contributed by atoms with van der Waals surface area (Å²) in [4.78, 5) is 12.7. The summed E-state index contributed by atoms with van der Waals surface area (Å²) in [6, 6.07) is 8.51. The van der Waals surface area contributed by atoms with Crippen molar-refractivity contribution in [3.63, 3.8) is 0 Å². The lowest BCUT2D eigenvalue weighted by atomic mass is 9.83. The highest BCUT2D eigenvalue weighted by Crippen LogP contribution is 2.37. The number of imidazole rings is 1. The summed E-state index contributed by atoms with van der Waals surface area (Å²) in [6.07, 6.45) is 7.62. The van der Waals surface area contributed by atoms with Crippen molar-refractivity contribution in [1.82, 2.24) is 19.4 Å². The summed E-state index contributed by atoms with van der Waals surface area (Å²) in [5, 5.41) is 1.18. The summed E-state index contributed by atoms with van der Waals surface area (Å²) in [5.74, 6) is 1.11. The third kappa shape index (κ3) is 1.94. The van der Waals surface area contributed by atoms with Gasteiger partial charge in [-0.25, -0.2) is 9.97 Å². The number of benzene rings is 1. The first-order chi connectivity index (χ1) is 11.7. The highest BCUT2D eigenvalue weighted by molar-refractivity contribution is 5.91. The number of nitrogens with one attached hydrogen (secondary N) is 1. The lowest BCUT2D eigenvalue weighted by Crippen LogP contribution is -2.12. The largest absolute Gasteiger partial charge is 0.382 e. The average Bonchev–Trinajstić information content (AvgIpc) is 3.08. The van der Waals surface area contributed by atoms with E-state index in [1.807, 2.05) is 10.7 Å². The van der Waals surface area contributed by atoms with E-state index in [0.29, 0.717) is 11.7 Å². The van der Waals surface area contributed by atoms with Gasteiger partial charge in [-0.3, -0.25) is 0 Å². The van der Waals surface area contributed by atoms with E-state index >= 15 is 0 Å². The number of nitrogens with zero attached hydrogens (tertiary/aromatic N) is 3. The second kappa shape index (κ2) is 4.84. The molecule has 0 saturated heterocycles. The Morgan fingerprint density at radius 2 is 2.12 bits per heavy atom. The van der Waals surface area contributed by atoms with E-state index in [-0.39, 0.29) is 0 Å². The molecule has 5 nitrogen and oxygen atoms in total. The van der Waals surface area contributed by atoms with Crippen molar-refractivity contribution in [1.29, 1.82) is 0 Å². The van der Waals surface area contributed by atoms with Crippen molar-refractivity contribution in [3.8, 4) is 11.4 Å². The number of aromatic nitrogens is 4. The number of hydrogen-bond acceptors (Lipinski definition) is 3. The van der Waals surface area contributed by atoms with E-state index in [4.69, 9.17) is 5.73 Å². The molecule has 3 heterocycles. The van der Waals surface area contributed by atoms with Crippen LogP contribution in [0.2, 0.25) is 0 Å². The first kappa shape index (κ1) is 13.6. The summed E-state index contributed by atoms with van der Waals surface area (Å²) in [6.45, 7) is 2.09. The van der Waals surface area contributed by atoms with Crippen LogP contribution in [0.3, 0.4) is 0 Å². The molecular weight excluding hydrogens is 298 g/mol. The molecule has 3 N–H and O–H groups in total. The van der Waals surface area contributed by atoms with Crippen molar-refractivity contribution >= 4 is 22.2 Å². The first-order valence-electron chi connectivity index (χ1n) is 8.42. The molecule has 4 aromatic rings. The molecule has 0 unspecified atom stereocenters. The first-order valence-corrected chi connectivity index (χ1v) is 8.42. The minimum absolute atomic E-state index is 0.554. The Hall–Kier alpha value is -2.82. The Morgan fingerprint density at radius 1 is 1.25 bits per heavy atom. The molecule has 5 heteroatoms. The van der Waals surface area contributed by atoms with Gasteiger partial charge >= 0.3 is 0 Å². The van der Waals surface area contributed by atoms with Gasteiger partial charge in [-0.05, 0) is 37.5 Å². The maximum Gasteiger partial charge on any atom is 0.150 e. The van der Waals surface area contributed by atoms with E-state index < -0.39 is 0 Å². The van der Waals surface area contributed by atoms with E-state index in [9.17, 15) is 0 Å². The maximum absolute atomic E-state index is 6.29. The molecule has 3 aromatic heterocycles. The van der Waals surface area contributed by atoms with E-state index in [0.717, 1.165) is 28.1 Å². The average molecular weight is 317 g/mol. The zero-order valence-electron chi connectivity index (χ0n) is 13.6. The van der Waals surface area contributed by atoms with Crippen LogP contribution in [0, 0.1) is 6.92 Å². The zero-order valence-corrected chi connectivity index (χ0v) is 13.6. The van der Waals surface area contributed by atoms with Gasteiger partial charge in [-0.2, -0.15) is 0 Å². The number of nitrogen functional groups attached to an aromatic ring is 1. The minimum atomic E-state index is 0.554. The normalized spacial score (nSPS) is 15.2. The van der Waals surface area contributed by atoms with Crippen LogP contribution in [0.15, 0.2) is 36.8 Å². The molecule has 1 aliphatic carbocycles. The van der Waals surface area contributed by atoms with Gasteiger partial charge < -0.3 is 15.1 Å². The molecule has 0 bridgehead atoms. The van der Waals surface area contributed by atoms with Crippen molar-refractivity contribution in [2.24, 2.45) is 0 Å². The molecule has 1 fully saturated rings. The summed E-state index contributed by atoms with van der Waals surface area (Å²) in [7, 11) is 0. The molecule has 0 amide bonds. The fourth-order valence-corrected chi connectivity index (χ4v) is 3.54. The number of anilines is 1. The molecule has 0 spiro atoms. The SMILES string of the molecule is Cc1ccc2cc(-c3ncn4cc(C5CCC5)nc(N)c34)[nH]c2c1. The van der Waals surface area contributed by atoms with Crippen LogP contribution in [0.5, 0.6) is 0 Å². The number of aryl methyl sites for hydroxylation is 1. The molecule has 120 valence electrons.